The van der Waals surface area contributed by atoms with Gasteiger partial charge in [-0.2, -0.15) is 0 Å². The third kappa shape index (κ3) is 3.93. The van der Waals surface area contributed by atoms with Crippen molar-refractivity contribution in [2.24, 2.45) is 0 Å². The van der Waals surface area contributed by atoms with Crippen molar-refractivity contribution in [3.05, 3.63) is 35.6 Å². The van der Waals surface area contributed by atoms with E-state index in [9.17, 15) is 14.0 Å². The number of carbonyl (C=O) groups is 2. The van der Waals surface area contributed by atoms with E-state index in [2.05, 4.69) is 0 Å². The third-order valence-electron chi connectivity index (χ3n) is 4.70. The minimum atomic E-state index is -0.371. The monoisotopic (exact) mass is 334 g/mol. The van der Waals surface area contributed by atoms with Gasteiger partial charge in [-0.05, 0) is 37.0 Å². The summed E-state index contributed by atoms with van der Waals surface area (Å²) in [6.07, 6.45) is 2.79. The molecular formula is C18H23FN2O3. The van der Waals surface area contributed by atoms with Gasteiger partial charge in [-0.1, -0.05) is 12.1 Å². The van der Waals surface area contributed by atoms with E-state index in [1.807, 2.05) is 0 Å². The summed E-state index contributed by atoms with van der Waals surface area (Å²) in [5, 5.41) is 0. The van der Waals surface area contributed by atoms with Crippen LogP contribution in [-0.4, -0.2) is 60.5 Å². The molecule has 0 bridgehead atoms. The molecule has 0 spiro atoms. The van der Waals surface area contributed by atoms with Crippen LogP contribution < -0.4 is 0 Å². The fraction of sp³-hybridized carbons (Fsp3) is 0.556. The zero-order valence-corrected chi connectivity index (χ0v) is 13.7. The van der Waals surface area contributed by atoms with Gasteiger partial charge in [-0.25, -0.2) is 4.39 Å². The van der Waals surface area contributed by atoms with Crippen molar-refractivity contribution in [1.29, 1.82) is 0 Å². The summed E-state index contributed by atoms with van der Waals surface area (Å²) in [6.45, 7) is 2.91. The highest BCUT2D eigenvalue weighted by Gasteiger charge is 2.35. The van der Waals surface area contributed by atoms with Gasteiger partial charge in [0.25, 0.3) is 0 Å². The van der Waals surface area contributed by atoms with E-state index < -0.39 is 0 Å². The van der Waals surface area contributed by atoms with Crippen molar-refractivity contribution in [1.82, 2.24) is 9.80 Å². The SMILES string of the molecule is O=C([C@@H]1CCCCN1C(=O)Cc1ccc(F)cc1)N1CCOCC1. The largest absolute Gasteiger partial charge is 0.378 e. The molecule has 0 radical (unpaired) electrons. The molecule has 0 aliphatic carbocycles. The maximum absolute atomic E-state index is 13.0. The Labute approximate surface area is 141 Å². The second-order valence-electron chi connectivity index (χ2n) is 6.34. The number of morpholine rings is 1. The molecule has 2 fully saturated rings. The van der Waals surface area contributed by atoms with Gasteiger partial charge in [0, 0.05) is 19.6 Å². The van der Waals surface area contributed by atoms with Crippen molar-refractivity contribution < 1.29 is 18.7 Å². The zero-order chi connectivity index (χ0) is 16.9. The van der Waals surface area contributed by atoms with Crippen molar-refractivity contribution in [3.63, 3.8) is 0 Å². The molecule has 0 unspecified atom stereocenters. The number of amides is 2. The van der Waals surface area contributed by atoms with Gasteiger partial charge in [0.05, 0.1) is 19.6 Å². The van der Waals surface area contributed by atoms with Gasteiger partial charge in [0.1, 0.15) is 11.9 Å². The van der Waals surface area contributed by atoms with E-state index in [1.54, 1.807) is 21.9 Å². The van der Waals surface area contributed by atoms with Gasteiger partial charge in [0.15, 0.2) is 0 Å². The number of hydrogen-bond acceptors (Lipinski definition) is 3. The normalized spacial score (nSPS) is 21.6. The summed E-state index contributed by atoms with van der Waals surface area (Å²) < 4.78 is 18.3. The summed E-state index contributed by atoms with van der Waals surface area (Å²) in [7, 11) is 0. The van der Waals surface area contributed by atoms with Crippen LogP contribution in [0.5, 0.6) is 0 Å². The molecule has 2 aliphatic heterocycles. The van der Waals surface area contributed by atoms with Gasteiger partial charge < -0.3 is 14.5 Å². The highest BCUT2D eigenvalue weighted by molar-refractivity contribution is 5.88. The molecule has 3 rings (SSSR count). The number of likely N-dealkylation sites (tertiary alicyclic amines) is 1. The van der Waals surface area contributed by atoms with Crippen LogP contribution in [-0.2, 0) is 20.7 Å². The van der Waals surface area contributed by atoms with Crippen LogP contribution in [0.2, 0.25) is 0 Å². The zero-order valence-electron chi connectivity index (χ0n) is 13.7. The van der Waals surface area contributed by atoms with Crippen LogP contribution in [0.4, 0.5) is 4.39 Å². The smallest absolute Gasteiger partial charge is 0.245 e. The minimum Gasteiger partial charge on any atom is -0.378 e. The summed E-state index contributed by atoms with van der Waals surface area (Å²) in [4.78, 5) is 29.0. The van der Waals surface area contributed by atoms with E-state index in [0.717, 1.165) is 18.4 Å². The quantitative estimate of drug-likeness (QED) is 0.844. The Hall–Kier alpha value is -1.95. The minimum absolute atomic E-state index is 0.0328. The lowest BCUT2D eigenvalue weighted by Crippen LogP contribution is -2.55. The first kappa shape index (κ1) is 16.9. The molecule has 1 atom stereocenters. The number of rotatable bonds is 3. The lowest BCUT2D eigenvalue weighted by molar-refractivity contribution is -0.149. The average Bonchev–Trinajstić information content (AvgIpc) is 2.63. The van der Waals surface area contributed by atoms with Crippen molar-refractivity contribution >= 4 is 11.8 Å². The number of piperidine rings is 1. The van der Waals surface area contributed by atoms with Crippen molar-refractivity contribution in [3.8, 4) is 0 Å². The Kier molecular flexibility index (Phi) is 5.45. The molecule has 6 heteroatoms. The average molecular weight is 334 g/mol. The number of hydrogen-bond donors (Lipinski definition) is 0. The molecule has 2 amide bonds. The highest BCUT2D eigenvalue weighted by atomic mass is 19.1. The lowest BCUT2D eigenvalue weighted by Gasteiger charge is -2.38. The van der Waals surface area contributed by atoms with Gasteiger partial charge in [-0.3, -0.25) is 9.59 Å². The van der Waals surface area contributed by atoms with Crippen LogP contribution in [0.3, 0.4) is 0 Å². The topological polar surface area (TPSA) is 49.9 Å². The molecule has 1 aromatic carbocycles. The fourth-order valence-electron chi connectivity index (χ4n) is 3.36. The third-order valence-corrected chi connectivity index (χ3v) is 4.70. The van der Waals surface area contributed by atoms with Gasteiger partial charge in [-0.15, -0.1) is 0 Å². The van der Waals surface area contributed by atoms with Gasteiger partial charge >= 0.3 is 0 Å². The first-order valence-corrected chi connectivity index (χ1v) is 8.55. The van der Waals surface area contributed by atoms with Crippen LogP contribution in [0.15, 0.2) is 24.3 Å². The van der Waals surface area contributed by atoms with E-state index >= 15 is 0 Å². The molecule has 2 aliphatic rings. The number of carbonyl (C=O) groups excluding carboxylic acids is 2. The standard InChI is InChI=1S/C18H23FN2O3/c19-15-6-4-14(5-7-15)13-17(22)21-8-2-1-3-16(21)18(23)20-9-11-24-12-10-20/h4-7,16H,1-3,8-13H2/t16-/m0/s1. The molecule has 130 valence electrons. The predicted octanol–water partition coefficient (Wildman–Crippen LogP) is 1.61. The van der Waals surface area contributed by atoms with Crippen molar-refractivity contribution in [2.75, 3.05) is 32.8 Å². The summed E-state index contributed by atoms with van der Waals surface area (Å²) in [5.74, 6) is -0.345. The van der Waals surface area contributed by atoms with E-state index in [-0.39, 0.29) is 30.1 Å². The molecule has 1 aromatic rings. The Morgan fingerprint density at radius 2 is 1.79 bits per heavy atom. The van der Waals surface area contributed by atoms with Crippen molar-refractivity contribution in [2.45, 2.75) is 31.7 Å². The molecule has 0 aromatic heterocycles. The first-order valence-electron chi connectivity index (χ1n) is 8.55. The van der Waals surface area contributed by atoms with E-state index in [1.165, 1.54) is 12.1 Å². The number of ether oxygens (including phenoxy) is 1. The molecule has 5 nitrogen and oxygen atoms in total. The molecule has 24 heavy (non-hydrogen) atoms. The Morgan fingerprint density at radius 3 is 2.50 bits per heavy atom. The van der Waals surface area contributed by atoms with Crippen LogP contribution >= 0.6 is 0 Å². The second kappa shape index (κ2) is 7.75. The van der Waals surface area contributed by atoms with E-state index in [0.29, 0.717) is 39.3 Å². The number of nitrogens with zero attached hydrogens (tertiary/aromatic N) is 2. The molecule has 0 saturated carbocycles. The predicted molar refractivity (Wildman–Crippen MR) is 86.9 cm³/mol. The fourth-order valence-corrected chi connectivity index (χ4v) is 3.36. The van der Waals surface area contributed by atoms with E-state index in [4.69, 9.17) is 4.74 Å². The Bertz CT molecular complexity index is 584. The second-order valence-corrected chi connectivity index (χ2v) is 6.34. The van der Waals surface area contributed by atoms with Crippen LogP contribution in [0, 0.1) is 5.82 Å². The maximum Gasteiger partial charge on any atom is 0.245 e. The molecule has 2 saturated heterocycles. The molecule has 2 heterocycles. The molecule has 0 N–H and O–H groups in total. The summed E-state index contributed by atoms with van der Waals surface area (Å²) in [6, 6.07) is 5.58. The van der Waals surface area contributed by atoms with Crippen LogP contribution in [0.1, 0.15) is 24.8 Å². The van der Waals surface area contributed by atoms with Gasteiger partial charge in [0.2, 0.25) is 11.8 Å². The lowest BCUT2D eigenvalue weighted by atomic mass is 9.99. The Balaban J connectivity index is 1.67. The summed E-state index contributed by atoms with van der Waals surface area (Å²) >= 11 is 0. The maximum atomic E-state index is 13.0. The summed E-state index contributed by atoms with van der Waals surface area (Å²) in [5.41, 5.74) is 0.768. The highest BCUT2D eigenvalue weighted by Crippen LogP contribution is 2.21. The number of halogens is 1. The number of benzene rings is 1. The Morgan fingerprint density at radius 1 is 1.08 bits per heavy atom. The first-order chi connectivity index (χ1) is 11.6. The molecular weight excluding hydrogens is 311 g/mol. The van der Waals surface area contributed by atoms with Crippen LogP contribution in [0.25, 0.3) is 0 Å².